The predicted octanol–water partition coefficient (Wildman–Crippen LogP) is 4.37. The van der Waals surface area contributed by atoms with Crippen molar-refractivity contribution in [1.29, 1.82) is 0 Å². The lowest BCUT2D eigenvalue weighted by Crippen LogP contribution is -2.34. The van der Waals surface area contributed by atoms with Gasteiger partial charge in [0.15, 0.2) is 0 Å². The SMILES string of the molecule is COc1ccc(S(=O)(=O)N2CCCCC[C@@H]2c2ccc(C)s2)cc1. The molecule has 1 atom stereocenters. The van der Waals surface area contributed by atoms with E-state index < -0.39 is 10.0 Å². The van der Waals surface area contributed by atoms with E-state index in [1.165, 1.54) is 4.88 Å². The largest absolute Gasteiger partial charge is 0.497 e. The average Bonchev–Trinajstić information content (AvgIpc) is 2.86. The fourth-order valence-electron chi connectivity index (χ4n) is 3.17. The highest BCUT2D eigenvalue weighted by Gasteiger charge is 2.34. The molecule has 0 unspecified atom stereocenters. The Labute approximate surface area is 148 Å². The van der Waals surface area contributed by atoms with Gasteiger partial charge in [0.2, 0.25) is 10.0 Å². The minimum atomic E-state index is -3.51. The summed E-state index contributed by atoms with van der Waals surface area (Å²) in [5.41, 5.74) is 0. The van der Waals surface area contributed by atoms with Crippen LogP contribution in [-0.2, 0) is 10.0 Å². The average molecular weight is 366 g/mol. The molecule has 3 rings (SSSR count). The molecule has 0 bridgehead atoms. The molecule has 0 spiro atoms. The third-order valence-electron chi connectivity index (χ3n) is 4.46. The molecule has 1 aromatic heterocycles. The number of nitrogens with zero attached hydrogens (tertiary/aromatic N) is 1. The summed E-state index contributed by atoms with van der Waals surface area (Å²) in [4.78, 5) is 2.70. The van der Waals surface area contributed by atoms with E-state index in [0.717, 1.165) is 30.6 Å². The molecule has 0 radical (unpaired) electrons. The number of methoxy groups -OCH3 is 1. The molecule has 0 saturated carbocycles. The number of sulfonamides is 1. The molecule has 1 aromatic carbocycles. The Bertz CT molecular complexity index is 781. The Balaban J connectivity index is 1.97. The van der Waals surface area contributed by atoms with Crippen molar-refractivity contribution in [2.24, 2.45) is 0 Å². The van der Waals surface area contributed by atoms with E-state index in [1.54, 1.807) is 47.0 Å². The number of benzene rings is 1. The topological polar surface area (TPSA) is 46.6 Å². The van der Waals surface area contributed by atoms with E-state index in [0.29, 0.717) is 17.2 Å². The van der Waals surface area contributed by atoms with E-state index in [9.17, 15) is 8.42 Å². The van der Waals surface area contributed by atoms with Crippen LogP contribution >= 0.6 is 11.3 Å². The van der Waals surface area contributed by atoms with Gasteiger partial charge < -0.3 is 4.74 Å². The molecule has 0 amide bonds. The van der Waals surface area contributed by atoms with Crippen molar-refractivity contribution in [3.63, 3.8) is 0 Å². The maximum absolute atomic E-state index is 13.2. The summed E-state index contributed by atoms with van der Waals surface area (Å²) >= 11 is 1.70. The van der Waals surface area contributed by atoms with E-state index in [1.807, 2.05) is 0 Å². The van der Waals surface area contributed by atoms with Gasteiger partial charge in [0.1, 0.15) is 5.75 Å². The first kappa shape index (κ1) is 17.5. The minimum Gasteiger partial charge on any atom is -0.497 e. The molecular formula is C18H23NO3S2. The van der Waals surface area contributed by atoms with Crippen LogP contribution < -0.4 is 4.74 Å². The lowest BCUT2D eigenvalue weighted by Gasteiger charge is -2.28. The van der Waals surface area contributed by atoms with E-state index >= 15 is 0 Å². The molecule has 4 nitrogen and oxygen atoms in total. The number of thiophene rings is 1. The van der Waals surface area contributed by atoms with Crippen LogP contribution in [-0.4, -0.2) is 26.4 Å². The third kappa shape index (κ3) is 3.50. The van der Waals surface area contributed by atoms with Crippen molar-refractivity contribution in [1.82, 2.24) is 4.31 Å². The molecule has 2 heterocycles. The van der Waals surface area contributed by atoms with Crippen LogP contribution in [0.4, 0.5) is 0 Å². The molecule has 6 heteroatoms. The Morgan fingerprint density at radius 2 is 1.83 bits per heavy atom. The zero-order valence-corrected chi connectivity index (χ0v) is 15.7. The van der Waals surface area contributed by atoms with Gasteiger partial charge in [-0.15, -0.1) is 11.3 Å². The van der Waals surface area contributed by atoms with Crippen LogP contribution in [0.2, 0.25) is 0 Å². The van der Waals surface area contributed by atoms with Crippen LogP contribution in [0.25, 0.3) is 0 Å². The first-order valence-electron chi connectivity index (χ1n) is 8.24. The Morgan fingerprint density at radius 1 is 1.08 bits per heavy atom. The second-order valence-electron chi connectivity index (χ2n) is 6.10. The van der Waals surface area contributed by atoms with Gasteiger partial charge in [0, 0.05) is 16.3 Å². The highest BCUT2D eigenvalue weighted by atomic mass is 32.2. The highest BCUT2D eigenvalue weighted by Crippen LogP contribution is 2.37. The Morgan fingerprint density at radius 3 is 2.46 bits per heavy atom. The number of hydrogen-bond acceptors (Lipinski definition) is 4. The fourth-order valence-corrected chi connectivity index (χ4v) is 5.94. The van der Waals surface area contributed by atoms with Crippen molar-refractivity contribution < 1.29 is 13.2 Å². The van der Waals surface area contributed by atoms with Gasteiger partial charge in [-0.2, -0.15) is 4.31 Å². The minimum absolute atomic E-state index is 0.0571. The highest BCUT2D eigenvalue weighted by molar-refractivity contribution is 7.89. The molecular weight excluding hydrogens is 342 g/mol. The van der Waals surface area contributed by atoms with Gasteiger partial charge in [0.05, 0.1) is 18.0 Å². The van der Waals surface area contributed by atoms with E-state index in [4.69, 9.17) is 4.74 Å². The monoisotopic (exact) mass is 365 g/mol. The van der Waals surface area contributed by atoms with Gasteiger partial charge in [-0.3, -0.25) is 0 Å². The first-order chi connectivity index (χ1) is 11.5. The van der Waals surface area contributed by atoms with Gasteiger partial charge in [-0.1, -0.05) is 12.8 Å². The molecule has 0 N–H and O–H groups in total. The van der Waals surface area contributed by atoms with Gasteiger partial charge in [-0.05, 0) is 56.2 Å². The normalized spacial score (nSPS) is 19.8. The zero-order valence-electron chi connectivity index (χ0n) is 14.1. The van der Waals surface area contributed by atoms with E-state index in [2.05, 4.69) is 19.1 Å². The number of rotatable bonds is 4. The summed E-state index contributed by atoms with van der Waals surface area (Å²) in [7, 11) is -1.94. The summed E-state index contributed by atoms with van der Waals surface area (Å²) < 4.78 is 33.3. The van der Waals surface area contributed by atoms with Crippen LogP contribution in [0.1, 0.15) is 41.5 Å². The van der Waals surface area contributed by atoms with Crippen LogP contribution in [0.3, 0.4) is 0 Å². The van der Waals surface area contributed by atoms with Gasteiger partial charge in [0.25, 0.3) is 0 Å². The summed E-state index contributed by atoms with van der Waals surface area (Å²) in [6, 6.07) is 10.8. The van der Waals surface area contributed by atoms with Crippen molar-refractivity contribution in [2.75, 3.05) is 13.7 Å². The van der Waals surface area contributed by atoms with Crippen molar-refractivity contribution in [3.05, 3.63) is 46.2 Å². The fraction of sp³-hybridized carbons (Fsp3) is 0.444. The van der Waals surface area contributed by atoms with Gasteiger partial charge in [-0.25, -0.2) is 8.42 Å². The molecule has 1 fully saturated rings. The van der Waals surface area contributed by atoms with E-state index in [-0.39, 0.29) is 6.04 Å². The molecule has 130 valence electrons. The van der Waals surface area contributed by atoms with Crippen LogP contribution in [0.5, 0.6) is 5.75 Å². The standard InChI is InChI=1S/C18H23NO3S2/c1-14-7-12-18(23-14)17-6-4-3-5-13-19(17)24(20,21)16-10-8-15(22-2)9-11-16/h7-12,17H,3-6,13H2,1-2H3/t17-/m1/s1. The summed E-state index contributed by atoms with van der Waals surface area (Å²) in [5.74, 6) is 0.662. The summed E-state index contributed by atoms with van der Waals surface area (Å²) in [6.07, 6.45) is 3.94. The predicted molar refractivity (Wildman–Crippen MR) is 97.2 cm³/mol. The molecule has 24 heavy (non-hydrogen) atoms. The molecule has 1 saturated heterocycles. The van der Waals surface area contributed by atoms with Crippen molar-refractivity contribution in [3.8, 4) is 5.75 Å². The summed E-state index contributed by atoms with van der Waals surface area (Å²) in [5, 5.41) is 0. The van der Waals surface area contributed by atoms with Crippen LogP contribution in [0.15, 0.2) is 41.3 Å². The Hall–Kier alpha value is -1.37. The zero-order chi connectivity index (χ0) is 17.2. The first-order valence-corrected chi connectivity index (χ1v) is 10.5. The smallest absolute Gasteiger partial charge is 0.243 e. The van der Waals surface area contributed by atoms with Gasteiger partial charge >= 0.3 is 0 Å². The molecule has 2 aromatic rings. The molecule has 1 aliphatic heterocycles. The third-order valence-corrected chi connectivity index (χ3v) is 7.48. The second kappa shape index (κ2) is 7.25. The lowest BCUT2D eigenvalue weighted by atomic mass is 10.1. The maximum Gasteiger partial charge on any atom is 0.243 e. The van der Waals surface area contributed by atoms with Crippen molar-refractivity contribution >= 4 is 21.4 Å². The summed E-state index contributed by atoms with van der Waals surface area (Å²) in [6.45, 7) is 2.64. The van der Waals surface area contributed by atoms with Crippen molar-refractivity contribution in [2.45, 2.75) is 43.5 Å². The number of hydrogen-bond donors (Lipinski definition) is 0. The van der Waals surface area contributed by atoms with Crippen LogP contribution in [0, 0.1) is 6.92 Å². The molecule has 1 aliphatic rings. The Kier molecular flexibility index (Phi) is 5.27. The number of aryl methyl sites for hydroxylation is 1. The number of ether oxygens (including phenoxy) is 1. The maximum atomic E-state index is 13.2. The molecule has 0 aliphatic carbocycles. The second-order valence-corrected chi connectivity index (χ2v) is 9.31. The quantitative estimate of drug-likeness (QED) is 0.808. The lowest BCUT2D eigenvalue weighted by molar-refractivity contribution is 0.333.